The van der Waals surface area contributed by atoms with Gasteiger partial charge in [-0.05, 0) is 18.1 Å². The number of hydrogen-bond donors (Lipinski definition) is 1. The van der Waals surface area contributed by atoms with Crippen molar-refractivity contribution in [3.05, 3.63) is 99.0 Å². The molecule has 8 heteroatoms. The van der Waals surface area contributed by atoms with Gasteiger partial charge in [0.2, 0.25) is 5.91 Å². The lowest BCUT2D eigenvalue weighted by molar-refractivity contribution is -0.121. The Bertz CT molecular complexity index is 1350. The highest BCUT2D eigenvalue weighted by molar-refractivity contribution is 5.79. The lowest BCUT2D eigenvalue weighted by Crippen LogP contribution is -2.41. The molecule has 0 aliphatic carbocycles. The van der Waals surface area contributed by atoms with E-state index in [1.54, 1.807) is 7.05 Å². The van der Waals surface area contributed by atoms with E-state index < -0.39 is 16.7 Å². The van der Waals surface area contributed by atoms with E-state index in [1.165, 1.54) is 22.5 Å². The Balaban J connectivity index is 0.00000306. The molecule has 0 radical (unpaired) electrons. The minimum Gasteiger partial charge on any atom is -0.353 e. The Morgan fingerprint density at radius 3 is 2.03 bits per heavy atom. The first-order valence-corrected chi connectivity index (χ1v) is 10.3. The van der Waals surface area contributed by atoms with Crippen LogP contribution in [0.25, 0.3) is 11.2 Å². The van der Waals surface area contributed by atoms with E-state index in [4.69, 9.17) is 0 Å². The number of aryl methyl sites for hydroxylation is 1. The van der Waals surface area contributed by atoms with Crippen molar-refractivity contribution in [2.24, 2.45) is 14.1 Å². The molecule has 0 unspecified atom stereocenters. The number of nitrogens with one attached hydrogen (secondary N) is 1. The van der Waals surface area contributed by atoms with Crippen LogP contribution in [0.1, 0.15) is 25.5 Å². The number of hydrogen-bond acceptors (Lipinski definition) is 4. The summed E-state index contributed by atoms with van der Waals surface area (Å²) in [6.07, 6.45) is 1.42. The van der Waals surface area contributed by atoms with Crippen molar-refractivity contribution in [1.29, 1.82) is 0 Å². The predicted octanol–water partition coefficient (Wildman–Crippen LogP) is 2.19. The molecule has 0 bridgehead atoms. The second-order valence-corrected chi connectivity index (χ2v) is 8.09. The Labute approximate surface area is 192 Å². The molecule has 8 nitrogen and oxygen atoms in total. The van der Waals surface area contributed by atoms with Crippen molar-refractivity contribution in [3.8, 4) is 0 Å². The average molecular weight is 448 g/mol. The standard InChI is InChI=1S/C24H25N5O3.CH4/c1-24(17-10-6-4-7-11-17,18-12-8-5-9-13-18)15-25-19(30)14-29-16-26-21-20(29)22(31)28(3)23(32)27(21)2;/h4-13,16H,14-15H2,1-3H3,(H,25,30);1H4. The van der Waals surface area contributed by atoms with Gasteiger partial charge in [-0.15, -0.1) is 0 Å². The molecule has 0 aliphatic heterocycles. The zero-order valence-corrected chi connectivity index (χ0v) is 18.3. The Hall–Kier alpha value is -3.94. The first kappa shape index (κ1) is 23.7. The number of carbonyl (C=O) groups excluding carboxylic acids is 1. The molecule has 0 atom stereocenters. The maximum Gasteiger partial charge on any atom is 0.332 e. The monoisotopic (exact) mass is 447 g/mol. The van der Waals surface area contributed by atoms with Crippen LogP contribution >= 0.6 is 0 Å². The molecule has 2 heterocycles. The van der Waals surface area contributed by atoms with Gasteiger partial charge in [0.1, 0.15) is 6.54 Å². The second kappa shape index (κ2) is 9.28. The van der Waals surface area contributed by atoms with E-state index in [1.807, 2.05) is 60.7 Å². The van der Waals surface area contributed by atoms with Gasteiger partial charge in [0.05, 0.1) is 6.33 Å². The highest BCUT2D eigenvalue weighted by Crippen LogP contribution is 2.31. The average Bonchev–Trinajstić information content (AvgIpc) is 3.24. The van der Waals surface area contributed by atoms with Gasteiger partial charge in [-0.1, -0.05) is 68.1 Å². The minimum atomic E-state index is -0.480. The fraction of sp³-hybridized carbons (Fsp3) is 0.280. The molecule has 0 fully saturated rings. The van der Waals surface area contributed by atoms with Gasteiger partial charge in [0, 0.05) is 26.1 Å². The predicted molar refractivity (Wildman–Crippen MR) is 129 cm³/mol. The summed E-state index contributed by atoms with van der Waals surface area (Å²) in [6.45, 7) is 2.39. The number of amides is 1. The van der Waals surface area contributed by atoms with Crippen LogP contribution in [0.5, 0.6) is 0 Å². The van der Waals surface area contributed by atoms with Crippen LogP contribution in [0.2, 0.25) is 0 Å². The Morgan fingerprint density at radius 1 is 0.939 bits per heavy atom. The van der Waals surface area contributed by atoms with Crippen LogP contribution in [0.3, 0.4) is 0 Å². The molecule has 4 aromatic rings. The summed E-state index contributed by atoms with van der Waals surface area (Å²) in [6, 6.07) is 20.0. The molecule has 1 N–H and O–H groups in total. The van der Waals surface area contributed by atoms with Crippen molar-refractivity contribution in [2.45, 2.75) is 26.3 Å². The van der Waals surface area contributed by atoms with Crippen LogP contribution in [-0.4, -0.2) is 31.1 Å². The maximum absolute atomic E-state index is 12.9. The van der Waals surface area contributed by atoms with Crippen LogP contribution in [0.15, 0.2) is 76.6 Å². The molecule has 4 rings (SSSR count). The molecule has 2 aromatic heterocycles. The van der Waals surface area contributed by atoms with Crippen molar-refractivity contribution in [1.82, 2.24) is 24.0 Å². The molecular formula is C25H29N5O3. The normalized spacial score (nSPS) is 11.2. The second-order valence-electron chi connectivity index (χ2n) is 8.09. The SMILES string of the molecule is C.Cn1c(=O)c2c(ncn2CC(=O)NCC(C)(c2ccccc2)c2ccccc2)n(C)c1=O. The Morgan fingerprint density at radius 2 is 1.48 bits per heavy atom. The first-order chi connectivity index (χ1) is 15.3. The molecule has 33 heavy (non-hydrogen) atoms. The van der Waals surface area contributed by atoms with Crippen molar-refractivity contribution >= 4 is 17.1 Å². The number of benzene rings is 2. The van der Waals surface area contributed by atoms with Crippen molar-refractivity contribution < 1.29 is 4.79 Å². The number of imidazole rings is 1. The fourth-order valence-corrected chi connectivity index (χ4v) is 3.99. The van der Waals surface area contributed by atoms with E-state index in [0.717, 1.165) is 15.7 Å². The Kier molecular flexibility index (Phi) is 6.67. The smallest absolute Gasteiger partial charge is 0.332 e. The molecular weight excluding hydrogens is 418 g/mol. The summed E-state index contributed by atoms with van der Waals surface area (Å²) in [4.78, 5) is 41.8. The summed E-state index contributed by atoms with van der Waals surface area (Å²) >= 11 is 0. The van der Waals surface area contributed by atoms with Gasteiger partial charge in [-0.3, -0.25) is 18.7 Å². The molecule has 2 aromatic carbocycles. The number of rotatable bonds is 6. The third-order valence-electron chi connectivity index (χ3n) is 5.99. The fourth-order valence-electron chi connectivity index (χ4n) is 3.99. The van der Waals surface area contributed by atoms with E-state index >= 15 is 0 Å². The highest BCUT2D eigenvalue weighted by atomic mass is 16.2. The quantitative estimate of drug-likeness (QED) is 0.491. The highest BCUT2D eigenvalue weighted by Gasteiger charge is 2.29. The van der Waals surface area contributed by atoms with E-state index in [2.05, 4.69) is 17.2 Å². The number of fused-ring (bicyclic) bond motifs is 1. The minimum absolute atomic E-state index is 0. The van der Waals surface area contributed by atoms with Gasteiger partial charge < -0.3 is 9.88 Å². The maximum atomic E-state index is 12.9. The molecule has 1 amide bonds. The lowest BCUT2D eigenvalue weighted by atomic mass is 9.76. The summed E-state index contributed by atoms with van der Waals surface area (Å²) in [7, 11) is 2.96. The van der Waals surface area contributed by atoms with Crippen LogP contribution < -0.4 is 16.6 Å². The van der Waals surface area contributed by atoms with Crippen LogP contribution in [-0.2, 0) is 30.8 Å². The lowest BCUT2D eigenvalue weighted by Gasteiger charge is -2.31. The topological polar surface area (TPSA) is 90.9 Å². The third-order valence-corrected chi connectivity index (χ3v) is 5.99. The van der Waals surface area contributed by atoms with Crippen molar-refractivity contribution in [3.63, 3.8) is 0 Å². The first-order valence-electron chi connectivity index (χ1n) is 10.3. The zero-order valence-electron chi connectivity index (χ0n) is 18.3. The zero-order chi connectivity index (χ0) is 22.9. The van der Waals surface area contributed by atoms with Gasteiger partial charge in [0.15, 0.2) is 11.2 Å². The third kappa shape index (κ3) is 4.24. The van der Waals surface area contributed by atoms with Crippen molar-refractivity contribution in [2.75, 3.05) is 6.54 Å². The van der Waals surface area contributed by atoms with Gasteiger partial charge in [-0.2, -0.15) is 0 Å². The molecule has 0 spiro atoms. The van der Waals surface area contributed by atoms with Crippen LogP contribution in [0.4, 0.5) is 0 Å². The summed E-state index contributed by atoms with van der Waals surface area (Å²) in [5, 5.41) is 3.02. The molecule has 172 valence electrons. The number of nitrogens with zero attached hydrogens (tertiary/aromatic N) is 4. The van der Waals surface area contributed by atoms with Gasteiger partial charge in [0.25, 0.3) is 5.56 Å². The van der Waals surface area contributed by atoms with Gasteiger partial charge >= 0.3 is 5.69 Å². The van der Waals surface area contributed by atoms with Crippen LogP contribution in [0, 0.1) is 0 Å². The number of aromatic nitrogens is 4. The van der Waals surface area contributed by atoms with E-state index in [0.29, 0.717) is 6.54 Å². The van der Waals surface area contributed by atoms with E-state index in [-0.39, 0.29) is 31.0 Å². The summed E-state index contributed by atoms with van der Waals surface area (Å²) in [5.41, 5.74) is 1.27. The molecule has 0 aliphatic rings. The van der Waals surface area contributed by atoms with E-state index in [9.17, 15) is 14.4 Å². The summed E-state index contributed by atoms with van der Waals surface area (Å²) < 4.78 is 3.79. The number of carbonyl (C=O) groups is 1. The largest absolute Gasteiger partial charge is 0.353 e. The van der Waals surface area contributed by atoms with Gasteiger partial charge in [-0.25, -0.2) is 9.78 Å². The summed E-state index contributed by atoms with van der Waals surface area (Å²) in [5.74, 6) is -0.252. The molecule has 0 saturated heterocycles. The molecule has 0 saturated carbocycles.